The van der Waals surface area contributed by atoms with Crippen molar-refractivity contribution < 1.29 is 24.4 Å². The Hall–Kier alpha value is -2.72. The molecule has 2 aromatic carbocycles. The van der Waals surface area contributed by atoms with Crippen LogP contribution in [0, 0.1) is 10.1 Å². The van der Waals surface area contributed by atoms with E-state index in [4.69, 9.17) is 9.84 Å². The number of amides is 1. The zero-order valence-corrected chi connectivity index (χ0v) is 17.6. The van der Waals surface area contributed by atoms with Crippen LogP contribution in [0.25, 0.3) is 6.08 Å². The number of benzene rings is 2. The van der Waals surface area contributed by atoms with Crippen LogP contribution < -0.4 is 10.1 Å². The number of carboxylic acid groups (broad SMARTS) is 1. The molecule has 10 heteroatoms. The maximum Gasteiger partial charge on any atom is 0.352 e. The van der Waals surface area contributed by atoms with Gasteiger partial charge in [0.25, 0.3) is 5.69 Å². The fourth-order valence-corrected chi connectivity index (χ4v) is 3.63. The minimum absolute atomic E-state index is 0.00402. The van der Waals surface area contributed by atoms with Gasteiger partial charge in [0.05, 0.1) is 13.9 Å². The summed E-state index contributed by atoms with van der Waals surface area (Å²) in [5, 5.41) is 22.1. The lowest BCUT2D eigenvalue weighted by molar-refractivity contribution is -0.384. The van der Waals surface area contributed by atoms with Crippen molar-refractivity contribution in [2.24, 2.45) is 0 Å². The number of ether oxygens (including phenoxy) is 1. The summed E-state index contributed by atoms with van der Waals surface area (Å²) >= 11 is 6.74. The molecular weight excluding hydrogens is 500 g/mol. The summed E-state index contributed by atoms with van der Waals surface area (Å²) in [5.74, 6) is -1.28. The molecule has 2 N–H and O–H groups in total. The van der Waals surface area contributed by atoms with Crippen molar-refractivity contribution in [3.8, 4) is 5.75 Å². The van der Waals surface area contributed by atoms with Gasteiger partial charge >= 0.3 is 5.97 Å². The van der Waals surface area contributed by atoms with Gasteiger partial charge in [0, 0.05) is 19.1 Å². The fraction of sp³-hybridized carbons (Fsp3) is 0.111. The van der Waals surface area contributed by atoms with E-state index in [1.165, 1.54) is 25.1 Å². The molecule has 0 heterocycles. The predicted molar refractivity (Wildman–Crippen MR) is 109 cm³/mol. The first kappa shape index (κ1) is 21.6. The van der Waals surface area contributed by atoms with E-state index in [1.807, 2.05) is 0 Å². The molecule has 0 aliphatic rings. The number of nitrogens with one attached hydrogen (secondary N) is 1. The number of nitrogens with zero attached hydrogens (tertiary/aromatic N) is 1. The summed E-state index contributed by atoms with van der Waals surface area (Å²) in [6.07, 6.45) is 1.32. The smallest absolute Gasteiger partial charge is 0.352 e. The average molecular weight is 514 g/mol. The minimum Gasteiger partial charge on any atom is -0.487 e. The molecule has 0 unspecified atom stereocenters. The van der Waals surface area contributed by atoms with Crippen LogP contribution in [0.1, 0.15) is 18.1 Å². The molecule has 0 fully saturated rings. The van der Waals surface area contributed by atoms with E-state index in [2.05, 4.69) is 37.2 Å². The second kappa shape index (κ2) is 9.47. The first-order valence-corrected chi connectivity index (χ1v) is 9.33. The molecule has 0 aliphatic carbocycles. The third kappa shape index (κ3) is 5.89. The van der Waals surface area contributed by atoms with E-state index in [-0.39, 0.29) is 18.0 Å². The molecule has 0 saturated carbocycles. The molecule has 2 aromatic rings. The van der Waals surface area contributed by atoms with Crippen molar-refractivity contribution in [2.75, 3.05) is 0 Å². The van der Waals surface area contributed by atoms with Crippen molar-refractivity contribution in [2.45, 2.75) is 13.5 Å². The lowest BCUT2D eigenvalue weighted by Crippen LogP contribution is -2.24. The molecule has 8 nitrogen and oxygen atoms in total. The number of carbonyl (C=O) groups excluding carboxylic acids is 1. The Balaban J connectivity index is 2.20. The zero-order valence-electron chi connectivity index (χ0n) is 14.4. The number of nitro benzene ring substituents is 1. The van der Waals surface area contributed by atoms with Gasteiger partial charge in [-0.15, -0.1) is 0 Å². The Morgan fingerprint density at radius 2 is 1.79 bits per heavy atom. The molecule has 0 aromatic heterocycles. The van der Waals surface area contributed by atoms with E-state index in [0.717, 1.165) is 5.56 Å². The second-order valence-electron chi connectivity index (χ2n) is 5.57. The SMILES string of the molecule is CC(=O)N/C(=C/c1cc(Br)c(OCc2ccc([N+](=O)[O-])cc2)c(Br)c1)C(=O)O. The van der Waals surface area contributed by atoms with E-state index < -0.39 is 16.8 Å². The first-order chi connectivity index (χ1) is 13.2. The normalized spacial score (nSPS) is 11.0. The van der Waals surface area contributed by atoms with E-state index in [0.29, 0.717) is 20.3 Å². The van der Waals surface area contributed by atoms with Gasteiger partial charge in [0.15, 0.2) is 0 Å². The Bertz CT molecular complexity index is 934. The van der Waals surface area contributed by atoms with Crippen LogP contribution in [-0.2, 0) is 16.2 Å². The van der Waals surface area contributed by atoms with Gasteiger partial charge in [-0.3, -0.25) is 14.9 Å². The maximum absolute atomic E-state index is 11.2. The largest absolute Gasteiger partial charge is 0.487 e. The highest BCUT2D eigenvalue weighted by Crippen LogP contribution is 2.36. The molecule has 0 saturated heterocycles. The van der Waals surface area contributed by atoms with Crippen molar-refractivity contribution in [3.05, 3.63) is 72.3 Å². The molecule has 146 valence electrons. The summed E-state index contributed by atoms with van der Waals surface area (Å²) in [6, 6.07) is 9.27. The van der Waals surface area contributed by atoms with Crippen molar-refractivity contribution in [3.63, 3.8) is 0 Å². The molecule has 0 atom stereocenters. The van der Waals surface area contributed by atoms with Crippen molar-refractivity contribution in [1.82, 2.24) is 5.32 Å². The fourth-order valence-electron chi connectivity index (χ4n) is 2.18. The van der Waals surface area contributed by atoms with Crippen LogP contribution in [0.3, 0.4) is 0 Å². The summed E-state index contributed by atoms with van der Waals surface area (Å²) in [6.45, 7) is 1.40. The molecule has 0 aliphatic heterocycles. The van der Waals surface area contributed by atoms with Crippen molar-refractivity contribution >= 4 is 55.5 Å². The summed E-state index contributed by atoms with van der Waals surface area (Å²) in [7, 11) is 0. The van der Waals surface area contributed by atoms with Crippen LogP contribution in [0.2, 0.25) is 0 Å². The molecule has 0 bridgehead atoms. The van der Waals surface area contributed by atoms with Gasteiger partial charge in [-0.2, -0.15) is 0 Å². The van der Waals surface area contributed by atoms with Crippen LogP contribution in [-0.4, -0.2) is 21.9 Å². The number of carbonyl (C=O) groups is 2. The number of nitro groups is 1. The number of rotatable bonds is 7. The molecular formula is C18H14Br2N2O6. The Morgan fingerprint density at radius 3 is 2.25 bits per heavy atom. The van der Waals surface area contributed by atoms with E-state index in [9.17, 15) is 19.7 Å². The first-order valence-electron chi connectivity index (χ1n) is 7.75. The average Bonchev–Trinajstić information content (AvgIpc) is 2.60. The molecule has 2 rings (SSSR count). The number of carboxylic acids is 1. The maximum atomic E-state index is 11.2. The summed E-state index contributed by atoms with van der Waals surface area (Å²) in [4.78, 5) is 32.6. The predicted octanol–water partition coefficient (Wildman–Crippen LogP) is 4.26. The highest BCUT2D eigenvalue weighted by Gasteiger charge is 2.13. The highest BCUT2D eigenvalue weighted by molar-refractivity contribution is 9.11. The van der Waals surface area contributed by atoms with Gasteiger partial charge in [-0.05, 0) is 73.3 Å². The highest BCUT2D eigenvalue weighted by atomic mass is 79.9. The molecule has 28 heavy (non-hydrogen) atoms. The van der Waals surface area contributed by atoms with Crippen LogP contribution >= 0.6 is 31.9 Å². The minimum atomic E-state index is -1.26. The van der Waals surface area contributed by atoms with E-state index >= 15 is 0 Å². The van der Waals surface area contributed by atoms with E-state index in [1.54, 1.807) is 24.3 Å². The third-order valence-electron chi connectivity index (χ3n) is 3.40. The van der Waals surface area contributed by atoms with Crippen molar-refractivity contribution in [1.29, 1.82) is 0 Å². The Labute approximate surface area is 176 Å². The quantitative estimate of drug-likeness (QED) is 0.324. The topological polar surface area (TPSA) is 119 Å². The number of non-ortho nitro benzene ring substituents is 1. The van der Waals surface area contributed by atoms with Gasteiger partial charge in [-0.1, -0.05) is 0 Å². The standard InChI is InChI=1S/C18H14Br2N2O6/c1-10(23)21-16(18(24)25)8-12-6-14(19)17(15(20)7-12)28-9-11-2-4-13(5-3-11)22(26)27/h2-8H,9H2,1H3,(H,21,23)(H,24,25)/b16-8+. The van der Waals surface area contributed by atoms with Gasteiger partial charge in [0.1, 0.15) is 18.1 Å². The zero-order chi connectivity index (χ0) is 20.8. The van der Waals surface area contributed by atoms with Gasteiger partial charge in [-0.25, -0.2) is 4.79 Å². The van der Waals surface area contributed by atoms with Gasteiger partial charge in [0.2, 0.25) is 5.91 Å². The number of hydrogen-bond acceptors (Lipinski definition) is 5. The third-order valence-corrected chi connectivity index (χ3v) is 4.58. The Morgan fingerprint density at radius 1 is 1.21 bits per heavy atom. The monoisotopic (exact) mass is 512 g/mol. The number of aliphatic carboxylic acids is 1. The van der Waals surface area contributed by atoms with Crippen LogP contribution in [0.15, 0.2) is 51.0 Å². The lowest BCUT2D eigenvalue weighted by Gasteiger charge is -2.12. The molecule has 0 spiro atoms. The van der Waals surface area contributed by atoms with Crippen LogP contribution in [0.5, 0.6) is 5.75 Å². The molecule has 1 amide bonds. The Kier molecular flexibility index (Phi) is 7.30. The molecule has 0 radical (unpaired) electrons. The second-order valence-corrected chi connectivity index (χ2v) is 7.28. The van der Waals surface area contributed by atoms with Crippen LogP contribution in [0.4, 0.5) is 5.69 Å². The lowest BCUT2D eigenvalue weighted by atomic mass is 10.1. The number of hydrogen-bond donors (Lipinski definition) is 2. The summed E-state index contributed by atoms with van der Waals surface area (Å²) in [5.41, 5.74) is 1.00. The number of halogens is 2. The van der Waals surface area contributed by atoms with Gasteiger partial charge < -0.3 is 15.2 Å². The summed E-state index contributed by atoms with van der Waals surface area (Å²) < 4.78 is 6.87.